The lowest BCUT2D eigenvalue weighted by atomic mass is 10.3. The van der Waals surface area contributed by atoms with Gasteiger partial charge in [-0.05, 0) is 26.0 Å². The number of hydrogen-bond donors (Lipinski definition) is 1. The lowest BCUT2D eigenvalue weighted by Gasteiger charge is -2.06. The highest BCUT2D eigenvalue weighted by atomic mass is 35.5. The zero-order valence-corrected chi connectivity index (χ0v) is 12.1. The fraction of sp³-hybridized carbons (Fsp3) is 0.364. The third-order valence-corrected chi connectivity index (χ3v) is 3.87. The molecule has 6 nitrogen and oxygen atoms in total. The molecule has 2 rings (SSSR count). The van der Waals surface area contributed by atoms with E-state index in [2.05, 4.69) is 10.4 Å². The largest absolute Gasteiger partial charge is 0.360 e. The molecule has 0 unspecified atom stereocenters. The highest BCUT2D eigenvalue weighted by Gasteiger charge is 2.24. The van der Waals surface area contributed by atoms with Crippen molar-refractivity contribution in [2.24, 2.45) is 0 Å². The summed E-state index contributed by atoms with van der Waals surface area (Å²) in [7, 11) is 0. The van der Waals surface area contributed by atoms with Crippen molar-refractivity contribution in [3.63, 3.8) is 0 Å². The van der Waals surface area contributed by atoms with Crippen molar-refractivity contribution in [1.82, 2.24) is 9.78 Å². The molecule has 0 bridgehead atoms. The third kappa shape index (κ3) is 2.87. The predicted octanol–water partition coefficient (Wildman–Crippen LogP) is 3.45. The van der Waals surface area contributed by atoms with Gasteiger partial charge in [-0.1, -0.05) is 11.6 Å². The van der Waals surface area contributed by atoms with Crippen LogP contribution in [0.2, 0.25) is 4.34 Å². The second-order valence-electron chi connectivity index (χ2n) is 3.91. The number of thiophene rings is 1. The number of aryl methyl sites for hydroxylation is 2. The lowest BCUT2D eigenvalue weighted by molar-refractivity contribution is -0.384. The minimum atomic E-state index is -0.405. The maximum atomic E-state index is 11.1. The number of halogens is 1. The van der Waals surface area contributed by atoms with Gasteiger partial charge in [0.15, 0.2) is 0 Å². The van der Waals surface area contributed by atoms with E-state index in [-0.39, 0.29) is 5.69 Å². The van der Waals surface area contributed by atoms with Crippen LogP contribution in [0.1, 0.15) is 17.5 Å². The maximum absolute atomic E-state index is 11.1. The first-order valence-electron chi connectivity index (χ1n) is 5.72. The molecule has 0 aliphatic heterocycles. The summed E-state index contributed by atoms with van der Waals surface area (Å²) in [5, 5.41) is 18.3. The van der Waals surface area contributed by atoms with Gasteiger partial charge in [-0.3, -0.25) is 10.1 Å². The maximum Gasteiger partial charge on any atom is 0.333 e. The number of nitrogens with zero attached hydrogens (tertiary/aromatic N) is 3. The Morgan fingerprint density at radius 2 is 2.32 bits per heavy atom. The number of rotatable bonds is 5. The van der Waals surface area contributed by atoms with E-state index in [0.717, 1.165) is 4.88 Å². The minimum absolute atomic E-state index is 0.0319. The molecule has 2 heterocycles. The van der Waals surface area contributed by atoms with E-state index in [0.29, 0.717) is 28.9 Å². The fourth-order valence-electron chi connectivity index (χ4n) is 1.81. The van der Waals surface area contributed by atoms with Gasteiger partial charge in [0, 0.05) is 11.4 Å². The number of hydrogen-bond acceptors (Lipinski definition) is 5. The van der Waals surface area contributed by atoms with Crippen LogP contribution in [-0.2, 0) is 13.1 Å². The summed E-state index contributed by atoms with van der Waals surface area (Å²) in [5.41, 5.74) is 0.447. The van der Waals surface area contributed by atoms with Gasteiger partial charge in [0.1, 0.15) is 5.69 Å². The van der Waals surface area contributed by atoms with E-state index < -0.39 is 4.92 Å². The molecule has 0 amide bonds. The molecule has 0 radical (unpaired) electrons. The van der Waals surface area contributed by atoms with Crippen molar-refractivity contribution in [2.45, 2.75) is 26.9 Å². The van der Waals surface area contributed by atoms with Crippen LogP contribution in [0.15, 0.2) is 12.1 Å². The topological polar surface area (TPSA) is 73.0 Å². The first kappa shape index (κ1) is 13.8. The Labute approximate surface area is 119 Å². The Morgan fingerprint density at radius 1 is 1.58 bits per heavy atom. The quantitative estimate of drug-likeness (QED) is 0.678. The Kier molecular flexibility index (Phi) is 4.06. The summed E-state index contributed by atoms with van der Waals surface area (Å²) < 4.78 is 2.30. The number of nitrogens with one attached hydrogen (secondary N) is 1. The van der Waals surface area contributed by atoms with E-state index >= 15 is 0 Å². The molecule has 0 aliphatic rings. The van der Waals surface area contributed by atoms with Gasteiger partial charge >= 0.3 is 5.69 Å². The zero-order chi connectivity index (χ0) is 14.0. The molecule has 0 spiro atoms. The third-order valence-electron chi connectivity index (χ3n) is 2.64. The monoisotopic (exact) mass is 300 g/mol. The summed E-state index contributed by atoms with van der Waals surface area (Å²) in [6.45, 7) is 4.59. The Hall–Kier alpha value is -1.60. The fourth-order valence-corrected chi connectivity index (χ4v) is 2.84. The molecule has 102 valence electrons. The highest BCUT2D eigenvalue weighted by Crippen LogP contribution is 2.29. The van der Waals surface area contributed by atoms with Gasteiger partial charge in [0.25, 0.3) is 0 Å². The van der Waals surface area contributed by atoms with Crippen molar-refractivity contribution in [2.75, 3.05) is 5.32 Å². The lowest BCUT2D eigenvalue weighted by Crippen LogP contribution is -2.07. The van der Waals surface area contributed by atoms with Crippen molar-refractivity contribution in [3.8, 4) is 0 Å². The molecule has 2 aromatic rings. The molecule has 0 aliphatic carbocycles. The van der Waals surface area contributed by atoms with E-state index in [9.17, 15) is 10.1 Å². The van der Waals surface area contributed by atoms with Crippen LogP contribution in [-0.4, -0.2) is 14.7 Å². The van der Waals surface area contributed by atoms with Crippen molar-refractivity contribution < 1.29 is 4.92 Å². The van der Waals surface area contributed by atoms with Crippen LogP contribution in [0.25, 0.3) is 0 Å². The van der Waals surface area contributed by atoms with Gasteiger partial charge < -0.3 is 5.32 Å². The second-order valence-corrected chi connectivity index (χ2v) is 5.71. The normalized spacial score (nSPS) is 10.7. The van der Waals surface area contributed by atoms with Crippen molar-refractivity contribution in [3.05, 3.63) is 37.2 Å². The standard InChI is InChI=1S/C11H13ClN4O2S/c1-3-15-11(10(16(17)18)7(2)14-15)13-6-8-4-5-9(12)19-8/h4-5,13H,3,6H2,1-2H3. The molecular formula is C11H13ClN4O2S. The summed E-state index contributed by atoms with van der Waals surface area (Å²) in [6.07, 6.45) is 0. The van der Waals surface area contributed by atoms with Crippen LogP contribution in [0.5, 0.6) is 0 Å². The van der Waals surface area contributed by atoms with Crippen molar-refractivity contribution in [1.29, 1.82) is 0 Å². The average molecular weight is 301 g/mol. The van der Waals surface area contributed by atoms with Crippen LogP contribution in [0.4, 0.5) is 11.5 Å². The van der Waals surface area contributed by atoms with Crippen LogP contribution in [0, 0.1) is 17.0 Å². The molecule has 0 atom stereocenters. The molecule has 2 aromatic heterocycles. The smallest absolute Gasteiger partial charge is 0.333 e. The van der Waals surface area contributed by atoms with Gasteiger partial charge in [-0.2, -0.15) is 5.10 Å². The van der Waals surface area contributed by atoms with Crippen LogP contribution in [0.3, 0.4) is 0 Å². The zero-order valence-electron chi connectivity index (χ0n) is 10.5. The number of aromatic nitrogens is 2. The number of nitro groups is 1. The molecule has 19 heavy (non-hydrogen) atoms. The predicted molar refractivity (Wildman–Crippen MR) is 75.9 cm³/mol. The summed E-state index contributed by atoms with van der Waals surface area (Å²) >= 11 is 7.30. The van der Waals surface area contributed by atoms with E-state index in [1.807, 2.05) is 13.0 Å². The molecular weight excluding hydrogens is 288 g/mol. The molecule has 1 N–H and O–H groups in total. The number of anilines is 1. The second kappa shape index (κ2) is 5.58. The molecule has 0 saturated heterocycles. The first-order chi connectivity index (χ1) is 9.02. The van der Waals surface area contributed by atoms with E-state index in [1.54, 1.807) is 17.7 Å². The van der Waals surface area contributed by atoms with Crippen LogP contribution < -0.4 is 5.32 Å². The average Bonchev–Trinajstić information content (AvgIpc) is 2.89. The molecule has 8 heteroatoms. The molecule has 0 aromatic carbocycles. The minimum Gasteiger partial charge on any atom is -0.360 e. The molecule has 0 saturated carbocycles. The van der Waals surface area contributed by atoms with Crippen molar-refractivity contribution >= 4 is 34.4 Å². The Balaban J connectivity index is 2.25. The van der Waals surface area contributed by atoms with Gasteiger partial charge in [0.2, 0.25) is 5.82 Å². The van der Waals surface area contributed by atoms with E-state index in [1.165, 1.54) is 11.3 Å². The van der Waals surface area contributed by atoms with Crippen LogP contribution >= 0.6 is 22.9 Å². The van der Waals surface area contributed by atoms with Gasteiger partial charge in [-0.25, -0.2) is 4.68 Å². The Morgan fingerprint density at radius 3 is 2.84 bits per heavy atom. The van der Waals surface area contributed by atoms with E-state index in [4.69, 9.17) is 11.6 Å². The summed E-state index contributed by atoms with van der Waals surface area (Å²) in [5.74, 6) is 0.439. The Bertz CT molecular complexity index is 608. The SMILES string of the molecule is CCn1nc(C)c([N+](=O)[O-])c1NCc1ccc(Cl)s1. The van der Waals surface area contributed by atoms with Gasteiger partial charge in [-0.15, -0.1) is 11.3 Å². The van der Waals surface area contributed by atoms with Gasteiger partial charge in [0.05, 0.1) is 15.8 Å². The highest BCUT2D eigenvalue weighted by molar-refractivity contribution is 7.16. The molecule has 0 fully saturated rings. The summed E-state index contributed by atoms with van der Waals surface area (Å²) in [4.78, 5) is 11.7. The first-order valence-corrected chi connectivity index (χ1v) is 6.92. The summed E-state index contributed by atoms with van der Waals surface area (Å²) in [6, 6.07) is 3.70.